The summed E-state index contributed by atoms with van der Waals surface area (Å²) in [5, 5.41) is 6.68. The minimum atomic E-state index is -0.745. The number of nitrogens with zero attached hydrogens (tertiary/aromatic N) is 3. The van der Waals surface area contributed by atoms with E-state index in [9.17, 15) is 4.79 Å². The summed E-state index contributed by atoms with van der Waals surface area (Å²) < 4.78 is 33.1. The lowest BCUT2D eigenvalue weighted by Gasteiger charge is -2.28. The van der Waals surface area contributed by atoms with Crippen LogP contribution in [0.4, 0.5) is 15.8 Å². The fourth-order valence-electron chi connectivity index (χ4n) is 5.57. The first-order valence-electron chi connectivity index (χ1n) is 15.2. The van der Waals surface area contributed by atoms with Gasteiger partial charge in [0.05, 0.1) is 30.0 Å². The number of likely N-dealkylation sites (tertiary alicyclic amines) is 1. The van der Waals surface area contributed by atoms with Gasteiger partial charge < -0.3 is 29.7 Å². The average Bonchev–Trinajstić information content (AvgIpc) is 3.85. The lowest BCUT2D eigenvalue weighted by molar-refractivity contribution is -0.119. The largest absolute Gasteiger partial charge is 0.493 e. The molecule has 4 aromatic rings. The molecule has 234 valence electrons. The Morgan fingerprint density at radius 2 is 1.73 bits per heavy atom. The molecular formula is C35H38FN5O4. The number of anilines is 2. The van der Waals surface area contributed by atoms with Crippen LogP contribution >= 0.6 is 0 Å². The monoisotopic (exact) mass is 611 g/mol. The third kappa shape index (κ3) is 6.71. The summed E-state index contributed by atoms with van der Waals surface area (Å²) in [6.45, 7) is 8.78. The van der Waals surface area contributed by atoms with Gasteiger partial charge in [0.2, 0.25) is 11.8 Å². The van der Waals surface area contributed by atoms with Gasteiger partial charge in [-0.3, -0.25) is 4.79 Å². The molecule has 1 amide bonds. The Labute approximate surface area is 262 Å². The maximum absolute atomic E-state index is 15.4. The van der Waals surface area contributed by atoms with Crippen LogP contribution in [0.2, 0.25) is 0 Å². The van der Waals surface area contributed by atoms with Gasteiger partial charge in [-0.2, -0.15) is 0 Å². The third-order valence-corrected chi connectivity index (χ3v) is 8.70. The van der Waals surface area contributed by atoms with Gasteiger partial charge in [-0.05, 0) is 89.0 Å². The highest BCUT2D eigenvalue weighted by atomic mass is 19.1. The number of amides is 1. The number of carbonyl (C=O) groups excluding carboxylic acids is 1. The summed E-state index contributed by atoms with van der Waals surface area (Å²) in [4.78, 5) is 24.1. The molecule has 45 heavy (non-hydrogen) atoms. The topological polar surface area (TPSA) is 97.8 Å². The Balaban J connectivity index is 1.15. The van der Waals surface area contributed by atoms with E-state index < -0.39 is 11.2 Å². The fraction of sp³-hybridized carbons (Fsp3) is 0.343. The van der Waals surface area contributed by atoms with Crippen molar-refractivity contribution >= 4 is 28.2 Å². The molecule has 0 bridgehead atoms. The Bertz CT molecular complexity index is 1720. The summed E-state index contributed by atoms with van der Waals surface area (Å²) in [5.74, 6) is 1.03. The molecule has 0 radical (unpaired) electrons. The van der Waals surface area contributed by atoms with Crippen LogP contribution in [0.15, 0.2) is 73.2 Å². The highest BCUT2D eigenvalue weighted by Crippen LogP contribution is 2.52. The third-order valence-electron chi connectivity index (χ3n) is 8.70. The molecule has 9 nitrogen and oxygen atoms in total. The SMILES string of the molecule is C=C(Nc1ccc(Oc2ncnc3cc(OC)c(OCC4CCN(C)CC4)cc23)c(F)c1)C1(C(=O)Nc2ccc(C)cc2)CC1. The van der Waals surface area contributed by atoms with Gasteiger partial charge in [0.25, 0.3) is 0 Å². The van der Waals surface area contributed by atoms with E-state index in [1.165, 1.54) is 18.5 Å². The summed E-state index contributed by atoms with van der Waals surface area (Å²) in [6.07, 6.45) is 4.83. The molecule has 1 aliphatic carbocycles. The predicted octanol–water partition coefficient (Wildman–Crippen LogP) is 6.94. The van der Waals surface area contributed by atoms with Crippen molar-refractivity contribution in [2.45, 2.75) is 32.6 Å². The van der Waals surface area contributed by atoms with Gasteiger partial charge in [0, 0.05) is 29.2 Å². The number of halogens is 1. The first kappa shape index (κ1) is 30.3. The van der Waals surface area contributed by atoms with Crippen molar-refractivity contribution in [1.29, 1.82) is 0 Å². The second-order valence-electron chi connectivity index (χ2n) is 12.0. The maximum atomic E-state index is 15.4. The molecular weight excluding hydrogens is 573 g/mol. The lowest BCUT2D eigenvalue weighted by Crippen LogP contribution is -2.32. The van der Waals surface area contributed by atoms with Gasteiger partial charge in [0.1, 0.15) is 6.33 Å². The summed E-state index contributed by atoms with van der Waals surface area (Å²) in [7, 11) is 3.72. The molecule has 1 aromatic heterocycles. The van der Waals surface area contributed by atoms with E-state index in [0.717, 1.165) is 37.2 Å². The summed E-state index contributed by atoms with van der Waals surface area (Å²) >= 11 is 0. The van der Waals surface area contributed by atoms with Crippen molar-refractivity contribution in [3.8, 4) is 23.1 Å². The van der Waals surface area contributed by atoms with E-state index in [0.29, 0.717) is 59.2 Å². The van der Waals surface area contributed by atoms with E-state index >= 15 is 4.39 Å². The highest BCUT2D eigenvalue weighted by Gasteiger charge is 2.52. The standard InChI is InChI=1S/C35H38FN5O4/c1-22-5-7-25(8-6-22)40-34(42)35(13-14-35)23(2)39-26-9-10-30(28(36)17-26)45-33-27-18-32(31(43-4)19-29(27)37-21-38-33)44-20-24-11-15-41(3)16-12-24/h5-10,17-19,21,24,39H,2,11-16,20H2,1,3-4H3,(H,40,42). The number of hydrogen-bond donors (Lipinski definition) is 2. The van der Waals surface area contributed by atoms with E-state index in [-0.39, 0.29) is 17.5 Å². The quantitative estimate of drug-likeness (QED) is 0.188. The smallest absolute Gasteiger partial charge is 0.236 e. The number of piperidine rings is 1. The summed E-state index contributed by atoms with van der Waals surface area (Å²) in [6, 6.07) is 15.7. The van der Waals surface area contributed by atoms with Crippen LogP contribution < -0.4 is 24.8 Å². The van der Waals surface area contributed by atoms with Crippen LogP contribution in [0.25, 0.3) is 10.9 Å². The zero-order valence-corrected chi connectivity index (χ0v) is 25.9. The average molecular weight is 612 g/mol. The number of fused-ring (bicyclic) bond motifs is 1. The van der Waals surface area contributed by atoms with Crippen molar-refractivity contribution < 1.29 is 23.4 Å². The summed E-state index contributed by atoms with van der Waals surface area (Å²) in [5.41, 5.74) is 2.65. The van der Waals surface area contributed by atoms with Crippen LogP contribution in [-0.4, -0.2) is 54.6 Å². The molecule has 0 unspecified atom stereocenters. The van der Waals surface area contributed by atoms with Crippen LogP contribution in [0.1, 0.15) is 31.2 Å². The Morgan fingerprint density at radius 3 is 2.42 bits per heavy atom. The minimum absolute atomic E-state index is 0.00553. The molecule has 2 heterocycles. The van der Waals surface area contributed by atoms with Crippen molar-refractivity contribution in [1.82, 2.24) is 14.9 Å². The minimum Gasteiger partial charge on any atom is -0.493 e. The number of rotatable bonds is 11. The molecule has 3 aromatic carbocycles. The van der Waals surface area contributed by atoms with Gasteiger partial charge in [-0.25, -0.2) is 14.4 Å². The fourth-order valence-corrected chi connectivity index (χ4v) is 5.57. The lowest BCUT2D eigenvalue weighted by atomic mass is 9.98. The Hall–Kier alpha value is -4.70. The number of aryl methyl sites for hydroxylation is 1. The number of methoxy groups -OCH3 is 1. The van der Waals surface area contributed by atoms with Crippen molar-refractivity contribution in [2.24, 2.45) is 11.3 Å². The zero-order valence-electron chi connectivity index (χ0n) is 25.9. The first-order chi connectivity index (χ1) is 21.7. The van der Waals surface area contributed by atoms with Gasteiger partial charge in [-0.1, -0.05) is 24.3 Å². The zero-order chi connectivity index (χ0) is 31.6. The molecule has 6 rings (SSSR count). The van der Waals surface area contributed by atoms with Gasteiger partial charge in [0.15, 0.2) is 23.1 Å². The van der Waals surface area contributed by atoms with Crippen molar-refractivity contribution in [3.63, 3.8) is 0 Å². The van der Waals surface area contributed by atoms with Crippen molar-refractivity contribution in [2.75, 3.05) is 44.5 Å². The second kappa shape index (κ2) is 12.7. The maximum Gasteiger partial charge on any atom is 0.236 e. The molecule has 1 saturated carbocycles. The number of nitrogens with one attached hydrogen (secondary N) is 2. The molecule has 1 aliphatic heterocycles. The molecule has 0 atom stereocenters. The van der Waals surface area contributed by atoms with Crippen molar-refractivity contribution in [3.05, 3.63) is 84.6 Å². The highest BCUT2D eigenvalue weighted by molar-refractivity contribution is 6.00. The Morgan fingerprint density at radius 1 is 1.00 bits per heavy atom. The number of benzene rings is 3. The molecule has 2 N–H and O–H groups in total. The number of ether oxygens (including phenoxy) is 3. The van der Waals surface area contributed by atoms with Crippen LogP contribution in [0.3, 0.4) is 0 Å². The first-order valence-corrected chi connectivity index (χ1v) is 15.2. The second-order valence-corrected chi connectivity index (χ2v) is 12.0. The van der Waals surface area contributed by atoms with Gasteiger partial charge in [-0.15, -0.1) is 0 Å². The molecule has 1 saturated heterocycles. The molecule has 10 heteroatoms. The molecule has 0 spiro atoms. The van der Waals surface area contributed by atoms with E-state index in [4.69, 9.17) is 14.2 Å². The van der Waals surface area contributed by atoms with Gasteiger partial charge >= 0.3 is 0 Å². The van der Waals surface area contributed by atoms with E-state index in [2.05, 4.69) is 39.1 Å². The normalized spacial score (nSPS) is 16.2. The van der Waals surface area contributed by atoms with E-state index in [1.54, 1.807) is 25.3 Å². The van der Waals surface area contributed by atoms with Crippen LogP contribution in [0, 0.1) is 24.1 Å². The number of carbonyl (C=O) groups is 1. The Kier molecular flexibility index (Phi) is 8.58. The van der Waals surface area contributed by atoms with Crippen LogP contribution in [0.5, 0.6) is 23.1 Å². The molecule has 2 fully saturated rings. The number of hydrogen-bond acceptors (Lipinski definition) is 8. The van der Waals surface area contributed by atoms with Crippen LogP contribution in [-0.2, 0) is 4.79 Å². The predicted molar refractivity (Wildman–Crippen MR) is 173 cm³/mol. The van der Waals surface area contributed by atoms with E-state index in [1.807, 2.05) is 31.2 Å². The molecule has 2 aliphatic rings. The number of aromatic nitrogens is 2.